The molecule has 0 bridgehead atoms. The fraction of sp³-hybridized carbons (Fsp3) is 0.500. The zero-order chi connectivity index (χ0) is 21.3. The van der Waals surface area contributed by atoms with E-state index in [0.29, 0.717) is 25.6 Å². The zero-order valence-electron chi connectivity index (χ0n) is 18.1. The summed E-state index contributed by atoms with van der Waals surface area (Å²) in [4.78, 5) is 17.4. The van der Waals surface area contributed by atoms with E-state index in [0.717, 1.165) is 57.5 Å². The molecule has 1 atom stereocenters. The van der Waals surface area contributed by atoms with E-state index < -0.39 is 0 Å². The number of likely N-dealkylation sites (tertiary alicyclic amines) is 1. The van der Waals surface area contributed by atoms with Crippen molar-refractivity contribution < 1.29 is 13.9 Å². The third-order valence-electron chi connectivity index (χ3n) is 7.53. The number of nitrogens with zero attached hydrogens (tertiary/aromatic N) is 2. The van der Waals surface area contributed by atoms with Crippen molar-refractivity contribution in [3.8, 4) is 0 Å². The predicted molar refractivity (Wildman–Crippen MR) is 118 cm³/mol. The van der Waals surface area contributed by atoms with Crippen LogP contribution in [0.5, 0.6) is 0 Å². The first kappa shape index (κ1) is 20.7. The molecule has 164 valence electrons. The number of piperidine rings is 1. The molecule has 0 saturated carbocycles. The summed E-state index contributed by atoms with van der Waals surface area (Å²) >= 11 is 0. The van der Waals surface area contributed by atoms with Gasteiger partial charge in [0.2, 0.25) is 5.91 Å². The molecule has 0 aromatic heterocycles. The Morgan fingerprint density at radius 2 is 1.71 bits per heavy atom. The number of benzene rings is 2. The highest BCUT2D eigenvalue weighted by atomic mass is 19.1. The Kier molecular flexibility index (Phi) is 5.81. The molecule has 1 amide bonds. The lowest BCUT2D eigenvalue weighted by Crippen LogP contribution is -2.42. The lowest BCUT2D eigenvalue weighted by Gasteiger charge is -2.40. The van der Waals surface area contributed by atoms with Crippen LogP contribution >= 0.6 is 0 Å². The van der Waals surface area contributed by atoms with E-state index in [1.165, 1.54) is 11.1 Å². The molecule has 2 aromatic carbocycles. The first-order valence-electron chi connectivity index (χ1n) is 11.5. The van der Waals surface area contributed by atoms with E-state index in [4.69, 9.17) is 4.74 Å². The third-order valence-corrected chi connectivity index (χ3v) is 7.53. The van der Waals surface area contributed by atoms with Gasteiger partial charge in [0.1, 0.15) is 5.82 Å². The number of morpholine rings is 1. The SMILES string of the molecule is O=C(C[C@H]1CC2(CCN(Cc3ccc(F)cc3)CC2)c2ccccc21)N1CCOCC1. The van der Waals surface area contributed by atoms with Gasteiger partial charge in [-0.3, -0.25) is 9.69 Å². The van der Waals surface area contributed by atoms with Gasteiger partial charge in [-0.05, 0) is 72.5 Å². The van der Waals surface area contributed by atoms with Crippen LogP contribution in [0, 0.1) is 5.82 Å². The van der Waals surface area contributed by atoms with Crippen molar-refractivity contribution in [1.82, 2.24) is 9.80 Å². The number of carbonyl (C=O) groups is 1. The summed E-state index contributed by atoms with van der Waals surface area (Å²) in [6.45, 7) is 5.69. The van der Waals surface area contributed by atoms with Gasteiger partial charge in [-0.15, -0.1) is 0 Å². The van der Waals surface area contributed by atoms with Gasteiger partial charge in [-0.25, -0.2) is 4.39 Å². The Morgan fingerprint density at radius 3 is 2.45 bits per heavy atom. The first-order valence-corrected chi connectivity index (χ1v) is 11.5. The van der Waals surface area contributed by atoms with E-state index in [1.54, 1.807) is 12.1 Å². The number of hydrogen-bond donors (Lipinski definition) is 0. The fourth-order valence-electron chi connectivity index (χ4n) is 5.82. The maximum Gasteiger partial charge on any atom is 0.223 e. The normalized spacial score (nSPS) is 23.1. The number of halogens is 1. The van der Waals surface area contributed by atoms with Crippen LogP contribution in [-0.2, 0) is 21.5 Å². The molecule has 2 aromatic rings. The van der Waals surface area contributed by atoms with Crippen LogP contribution in [0.3, 0.4) is 0 Å². The Balaban J connectivity index is 1.26. The lowest BCUT2D eigenvalue weighted by molar-refractivity contribution is -0.135. The van der Waals surface area contributed by atoms with Crippen molar-refractivity contribution >= 4 is 5.91 Å². The van der Waals surface area contributed by atoms with Gasteiger partial charge in [-0.1, -0.05) is 36.4 Å². The molecule has 5 heteroatoms. The third kappa shape index (κ3) is 4.26. The number of hydrogen-bond acceptors (Lipinski definition) is 3. The molecule has 2 aliphatic heterocycles. The molecule has 2 heterocycles. The monoisotopic (exact) mass is 422 g/mol. The van der Waals surface area contributed by atoms with Crippen molar-refractivity contribution in [1.29, 1.82) is 0 Å². The Bertz CT molecular complexity index is 915. The van der Waals surface area contributed by atoms with Gasteiger partial charge in [0.25, 0.3) is 0 Å². The first-order chi connectivity index (χ1) is 15.1. The molecule has 1 aliphatic carbocycles. The minimum absolute atomic E-state index is 0.179. The molecule has 2 saturated heterocycles. The van der Waals surface area contributed by atoms with Crippen molar-refractivity contribution in [3.05, 3.63) is 71.0 Å². The Hall–Kier alpha value is -2.24. The minimum atomic E-state index is -0.179. The fourth-order valence-corrected chi connectivity index (χ4v) is 5.82. The Morgan fingerprint density at radius 1 is 1.00 bits per heavy atom. The standard InChI is InChI=1S/C26H31FN2O2/c27-22-7-5-20(6-8-22)19-28-11-9-26(10-12-28)18-21(23-3-1-2-4-24(23)26)17-25(30)29-13-15-31-16-14-29/h1-8,21H,9-19H2/t21-/m0/s1. The van der Waals surface area contributed by atoms with Crippen molar-refractivity contribution in [2.75, 3.05) is 39.4 Å². The highest BCUT2D eigenvalue weighted by molar-refractivity contribution is 5.77. The zero-order valence-corrected chi connectivity index (χ0v) is 18.1. The summed E-state index contributed by atoms with van der Waals surface area (Å²) in [5.41, 5.74) is 4.21. The topological polar surface area (TPSA) is 32.8 Å². The Labute approximate surface area is 184 Å². The van der Waals surface area contributed by atoms with Crippen molar-refractivity contribution in [2.45, 2.75) is 43.6 Å². The van der Waals surface area contributed by atoms with E-state index in [9.17, 15) is 9.18 Å². The summed E-state index contributed by atoms with van der Waals surface area (Å²) in [7, 11) is 0. The summed E-state index contributed by atoms with van der Waals surface area (Å²) in [5, 5.41) is 0. The quantitative estimate of drug-likeness (QED) is 0.744. The minimum Gasteiger partial charge on any atom is -0.378 e. The molecule has 1 spiro atoms. The molecule has 4 nitrogen and oxygen atoms in total. The van der Waals surface area contributed by atoms with Crippen LogP contribution in [0.4, 0.5) is 4.39 Å². The maximum atomic E-state index is 13.2. The van der Waals surface area contributed by atoms with Crippen LogP contribution in [-0.4, -0.2) is 55.1 Å². The molecule has 2 fully saturated rings. The second-order valence-electron chi connectivity index (χ2n) is 9.37. The molecule has 31 heavy (non-hydrogen) atoms. The van der Waals surface area contributed by atoms with Crippen LogP contribution in [0.25, 0.3) is 0 Å². The van der Waals surface area contributed by atoms with Gasteiger partial charge in [0, 0.05) is 26.1 Å². The van der Waals surface area contributed by atoms with E-state index in [2.05, 4.69) is 29.2 Å². The van der Waals surface area contributed by atoms with Gasteiger partial charge >= 0.3 is 0 Å². The number of amides is 1. The number of rotatable bonds is 4. The van der Waals surface area contributed by atoms with Crippen molar-refractivity contribution in [3.63, 3.8) is 0 Å². The molecule has 3 aliphatic rings. The summed E-state index contributed by atoms with van der Waals surface area (Å²) in [6, 6.07) is 15.7. The maximum absolute atomic E-state index is 13.2. The number of fused-ring (bicyclic) bond motifs is 2. The highest BCUT2D eigenvalue weighted by Gasteiger charge is 2.45. The van der Waals surface area contributed by atoms with Gasteiger partial charge in [0.15, 0.2) is 0 Å². The van der Waals surface area contributed by atoms with Crippen LogP contribution in [0.15, 0.2) is 48.5 Å². The molecule has 0 unspecified atom stereocenters. The van der Waals surface area contributed by atoms with E-state index in [-0.39, 0.29) is 17.1 Å². The number of carbonyl (C=O) groups excluding carboxylic acids is 1. The molecular formula is C26H31FN2O2. The summed E-state index contributed by atoms with van der Waals surface area (Å²) < 4.78 is 18.6. The summed E-state index contributed by atoms with van der Waals surface area (Å²) in [5.74, 6) is 0.408. The number of ether oxygens (including phenoxy) is 1. The highest BCUT2D eigenvalue weighted by Crippen LogP contribution is 2.52. The average Bonchev–Trinajstić information content (AvgIpc) is 3.11. The van der Waals surface area contributed by atoms with Crippen LogP contribution < -0.4 is 0 Å². The van der Waals surface area contributed by atoms with Crippen molar-refractivity contribution in [2.24, 2.45) is 0 Å². The van der Waals surface area contributed by atoms with Crippen LogP contribution in [0.1, 0.15) is 48.3 Å². The van der Waals surface area contributed by atoms with Gasteiger partial charge in [-0.2, -0.15) is 0 Å². The van der Waals surface area contributed by atoms with Gasteiger partial charge < -0.3 is 9.64 Å². The smallest absolute Gasteiger partial charge is 0.223 e. The van der Waals surface area contributed by atoms with E-state index >= 15 is 0 Å². The second kappa shape index (κ2) is 8.71. The second-order valence-corrected chi connectivity index (χ2v) is 9.37. The predicted octanol–water partition coefficient (Wildman–Crippen LogP) is 4.10. The van der Waals surface area contributed by atoms with Gasteiger partial charge in [0.05, 0.1) is 13.2 Å². The largest absolute Gasteiger partial charge is 0.378 e. The molecule has 0 radical (unpaired) electrons. The molecule has 5 rings (SSSR count). The molecular weight excluding hydrogens is 391 g/mol. The average molecular weight is 423 g/mol. The van der Waals surface area contributed by atoms with Crippen LogP contribution in [0.2, 0.25) is 0 Å². The molecule has 0 N–H and O–H groups in total. The summed E-state index contributed by atoms with van der Waals surface area (Å²) in [6.07, 6.45) is 3.92. The van der Waals surface area contributed by atoms with E-state index in [1.807, 2.05) is 17.0 Å². The lowest BCUT2D eigenvalue weighted by atomic mass is 9.73.